The molecule has 0 aliphatic rings. The van der Waals surface area contributed by atoms with E-state index in [-0.39, 0.29) is 11.2 Å². The number of thiophene rings is 1. The fraction of sp³-hybridized carbons (Fsp3) is 0.125. The van der Waals surface area contributed by atoms with Crippen LogP contribution in [-0.2, 0) is 4.79 Å². The van der Waals surface area contributed by atoms with Crippen molar-refractivity contribution in [2.75, 3.05) is 5.32 Å². The van der Waals surface area contributed by atoms with Crippen molar-refractivity contribution >= 4 is 67.5 Å². The van der Waals surface area contributed by atoms with Crippen LogP contribution in [0.4, 0.5) is 5.82 Å². The van der Waals surface area contributed by atoms with Gasteiger partial charge in [0.1, 0.15) is 5.52 Å². The van der Waals surface area contributed by atoms with Crippen molar-refractivity contribution in [3.8, 4) is 0 Å². The largest absolute Gasteiger partial charge is 0.310 e. The molecule has 0 fully saturated rings. The van der Waals surface area contributed by atoms with E-state index in [2.05, 4.69) is 37.9 Å². The normalized spacial score (nSPS) is 10.6. The number of aromatic nitrogens is 2. The van der Waals surface area contributed by atoms with Crippen LogP contribution in [0.25, 0.3) is 10.2 Å². The van der Waals surface area contributed by atoms with E-state index in [0.717, 1.165) is 13.8 Å². The fourth-order valence-corrected chi connectivity index (χ4v) is 3.05. The van der Waals surface area contributed by atoms with Gasteiger partial charge in [0.2, 0.25) is 11.2 Å². The lowest BCUT2D eigenvalue weighted by molar-refractivity contribution is -0.114. The van der Waals surface area contributed by atoms with Gasteiger partial charge in [-0.2, -0.15) is 4.98 Å². The van der Waals surface area contributed by atoms with Gasteiger partial charge in [0.15, 0.2) is 5.82 Å². The monoisotopic (exact) mass is 353 g/mol. The molecule has 0 aliphatic carbocycles. The molecule has 7 heteroatoms. The number of anilines is 1. The lowest BCUT2D eigenvalue weighted by Gasteiger charge is -2.02. The third kappa shape index (κ3) is 2.21. The molecule has 0 aliphatic heterocycles. The number of rotatable bonds is 1. The third-order valence-corrected chi connectivity index (χ3v) is 4.03. The summed E-state index contributed by atoms with van der Waals surface area (Å²) in [7, 11) is 0. The molecular weight excluding hydrogens is 349 g/mol. The first-order valence-electron chi connectivity index (χ1n) is 3.96. The van der Waals surface area contributed by atoms with Gasteiger partial charge >= 0.3 is 0 Å². The highest BCUT2D eigenvalue weighted by atomic mass is 127. The minimum Gasteiger partial charge on any atom is -0.310 e. The molecule has 15 heavy (non-hydrogen) atoms. The summed E-state index contributed by atoms with van der Waals surface area (Å²) in [6, 6.07) is 0. The van der Waals surface area contributed by atoms with Crippen LogP contribution in [0.2, 0.25) is 5.28 Å². The minimum atomic E-state index is -0.172. The smallest absolute Gasteiger partial charge is 0.225 e. The van der Waals surface area contributed by atoms with Gasteiger partial charge in [-0.25, -0.2) is 4.98 Å². The molecule has 2 rings (SSSR count). The summed E-state index contributed by atoms with van der Waals surface area (Å²) < 4.78 is 1.85. The van der Waals surface area contributed by atoms with Crippen LogP contribution in [0.5, 0.6) is 0 Å². The molecule has 4 nitrogen and oxygen atoms in total. The molecule has 0 aromatic carbocycles. The molecule has 78 valence electrons. The summed E-state index contributed by atoms with van der Waals surface area (Å²) in [5, 5.41) is 4.72. The van der Waals surface area contributed by atoms with E-state index in [1.54, 1.807) is 0 Å². The van der Waals surface area contributed by atoms with Crippen LogP contribution in [0.15, 0.2) is 5.38 Å². The summed E-state index contributed by atoms with van der Waals surface area (Å²) >= 11 is 9.42. The Kier molecular flexibility index (Phi) is 3.08. The number of amides is 1. The first-order valence-corrected chi connectivity index (χ1v) is 6.29. The second kappa shape index (κ2) is 4.18. The molecule has 1 N–H and O–H groups in total. The number of hydrogen-bond acceptors (Lipinski definition) is 4. The van der Waals surface area contributed by atoms with Gasteiger partial charge < -0.3 is 5.32 Å². The highest BCUT2D eigenvalue weighted by Gasteiger charge is 2.12. The summed E-state index contributed by atoms with van der Waals surface area (Å²) in [6.07, 6.45) is 0. The second-order valence-electron chi connectivity index (χ2n) is 2.78. The van der Waals surface area contributed by atoms with Gasteiger partial charge in [-0.15, -0.1) is 11.3 Å². The molecule has 2 heterocycles. The van der Waals surface area contributed by atoms with Crippen LogP contribution in [0, 0.1) is 3.57 Å². The molecule has 0 saturated carbocycles. The second-order valence-corrected chi connectivity index (χ2v) is 5.16. The van der Waals surface area contributed by atoms with Gasteiger partial charge in [0, 0.05) is 12.3 Å². The Balaban J connectivity index is 2.66. The molecule has 0 unspecified atom stereocenters. The zero-order valence-corrected chi connectivity index (χ0v) is 11.3. The fourth-order valence-electron chi connectivity index (χ4n) is 1.11. The van der Waals surface area contributed by atoms with Crippen molar-refractivity contribution in [2.24, 2.45) is 0 Å². The SMILES string of the molecule is CC(=O)Nc1nc(Cl)nc2c(I)csc12. The number of nitrogens with zero attached hydrogens (tertiary/aromatic N) is 2. The molecule has 0 bridgehead atoms. The van der Waals surface area contributed by atoms with E-state index in [1.165, 1.54) is 18.3 Å². The minimum absolute atomic E-state index is 0.141. The lowest BCUT2D eigenvalue weighted by atomic mass is 10.4. The predicted octanol–water partition coefficient (Wildman–Crippen LogP) is 2.91. The molecule has 0 spiro atoms. The predicted molar refractivity (Wildman–Crippen MR) is 69.4 cm³/mol. The van der Waals surface area contributed by atoms with E-state index < -0.39 is 0 Å². The first kappa shape index (κ1) is 11.0. The highest BCUT2D eigenvalue weighted by Crippen LogP contribution is 2.31. The Labute approximate surface area is 108 Å². The maximum atomic E-state index is 11.0. The highest BCUT2D eigenvalue weighted by molar-refractivity contribution is 14.1. The number of fused-ring (bicyclic) bond motifs is 1. The molecule has 1 amide bonds. The number of carbonyl (C=O) groups excluding carboxylic acids is 1. The quantitative estimate of drug-likeness (QED) is 0.633. The summed E-state index contributed by atoms with van der Waals surface area (Å²) in [5.74, 6) is 0.305. The van der Waals surface area contributed by atoms with Crippen LogP contribution < -0.4 is 5.32 Å². The molecule has 2 aromatic heterocycles. The molecular formula is C8H5ClIN3OS. The van der Waals surface area contributed by atoms with E-state index in [4.69, 9.17) is 11.6 Å². The van der Waals surface area contributed by atoms with Crippen LogP contribution in [-0.4, -0.2) is 15.9 Å². The first-order chi connectivity index (χ1) is 7.08. The van der Waals surface area contributed by atoms with Gasteiger partial charge in [0.05, 0.1) is 8.27 Å². The standard InChI is InChI=1S/C8H5ClIN3OS/c1-3(14)11-7-6-5(4(10)2-15-6)12-8(9)13-7/h2H,1H3,(H,11,12,13,14). The molecule has 0 saturated heterocycles. The van der Waals surface area contributed by atoms with Crippen LogP contribution in [0.1, 0.15) is 6.92 Å². The number of halogens is 2. The van der Waals surface area contributed by atoms with Gasteiger partial charge in [-0.3, -0.25) is 4.79 Å². The number of hydrogen-bond donors (Lipinski definition) is 1. The molecule has 0 atom stereocenters. The van der Waals surface area contributed by atoms with Gasteiger partial charge in [-0.05, 0) is 34.2 Å². The summed E-state index contributed by atoms with van der Waals surface area (Å²) in [5.41, 5.74) is 0.782. The lowest BCUT2D eigenvalue weighted by Crippen LogP contribution is -2.08. The maximum Gasteiger partial charge on any atom is 0.225 e. The number of carbonyl (C=O) groups is 1. The third-order valence-electron chi connectivity index (χ3n) is 1.64. The van der Waals surface area contributed by atoms with E-state index in [1.807, 2.05) is 5.38 Å². The maximum absolute atomic E-state index is 11.0. The van der Waals surface area contributed by atoms with Crippen molar-refractivity contribution < 1.29 is 4.79 Å². The average Bonchev–Trinajstić information content (AvgIpc) is 2.47. The zero-order valence-electron chi connectivity index (χ0n) is 7.54. The van der Waals surface area contributed by atoms with Gasteiger partial charge in [-0.1, -0.05) is 0 Å². The summed E-state index contributed by atoms with van der Waals surface area (Å²) in [4.78, 5) is 19.1. The molecule has 2 aromatic rings. The van der Waals surface area contributed by atoms with E-state index in [9.17, 15) is 4.79 Å². The average molecular weight is 354 g/mol. The Morgan fingerprint density at radius 3 is 3.00 bits per heavy atom. The molecule has 0 radical (unpaired) electrons. The zero-order chi connectivity index (χ0) is 11.0. The van der Waals surface area contributed by atoms with Crippen molar-refractivity contribution in [1.29, 1.82) is 0 Å². The topological polar surface area (TPSA) is 54.9 Å². The Hall–Kier alpha value is -0.470. The van der Waals surface area contributed by atoms with Crippen molar-refractivity contribution in [2.45, 2.75) is 6.92 Å². The van der Waals surface area contributed by atoms with E-state index >= 15 is 0 Å². The van der Waals surface area contributed by atoms with Crippen molar-refractivity contribution in [3.63, 3.8) is 0 Å². The number of nitrogens with one attached hydrogen (secondary N) is 1. The van der Waals surface area contributed by atoms with Crippen molar-refractivity contribution in [3.05, 3.63) is 14.2 Å². The van der Waals surface area contributed by atoms with Crippen LogP contribution >= 0.6 is 45.5 Å². The van der Waals surface area contributed by atoms with E-state index in [0.29, 0.717) is 5.82 Å². The Bertz CT molecular complexity index is 542. The van der Waals surface area contributed by atoms with Crippen molar-refractivity contribution in [1.82, 2.24) is 9.97 Å². The van der Waals surface area contributed by atoms with Crippen LogP contribution in [0.3, 0.4) is 0 Å². The van der Waals surface area contributed by atoms with Gasteiger partial charge in [0.25, 0.3) is 0 Å². The Morgan fingerprint density at radius 2 is 2.33 bits per heavy atom. The summed E-state index contributed by atoms with van der Waals surface area (Å²) in [6.45, 7) is 1.43. The Morgan fingerprint density at radius 1 is 1.60 bits per heavy atom.